The highest BCUT2D eigenvalue weighted by Gasteiger charge is 2.22. The topological polar surface area (TPSA) is 87.2 Å². The minimum atomic E-state index is -0.527. The molecule has 1 unspecified atom stereocenters. The summed E-state index contributed by atoms with van der Waals surface area (Å²) in [6.45, 7) is 1.26. The number of fused-ring (bicyclic) bond motifs is 1. The second-order valence-electron chi connectivity index (χ2n) is 7.02. The van der Waals surface area contributed by atoms with Crippen LogP contribution in [0.4, 0.5) is 0 Å². The van der Waals surface area contributed by atoms with Crippen molar-refractivity contribution < 1.29 is 14.6 Å². The first-order chi connectivity index (χ1) is 13.7. The predicted octanol–water partition coefficient (Wildman–Crippen LogP) is 3.57. The zero-order valence-electron chi connectivity index (χ0n) is 15.3. The predicted molar refractivity (Wildman–Crippen MR) is 108 cm³/mol. The van der Waals surface area contributed by atoms with E-state index in [2.05, 4.69) is 15.5 Å². The van der Waals surface area contributed by atoms with Crippen LogP contribution in [0.25, 0.3) is 10.9 Å². The Hall–Kier alpha value is -2.41. The third-order valence-corrected chi connectivity index (χ3v) is 5.45. The van der Waals surface area contributed by atoms with E-state index in [4.69, 9.17) is 16.3 Å². The highest BCUT2D eigenvalue weighted by molar-refractivity contribution is 6.30. The second-order valence-corrected chi connectivity index (χ2v) is 7.46. The second kappa shape index (κ2) is 8.31. The molecule has 0 bridgehead atoms. The Morgan fingerprint density at radius 3 is 2.86 bits per heavy atom. The van der Waals surface area contributed by atoms with Crippen molar-refractivity contribution in [2.45, 2.75) is 24.8 Å². The molecule has 7 heteroatoms. The van der Waals surface area contributed by atoms with Gasteiger partial charge in [-0.25, -0.2) is 0 Å². The Morgan fingerprint density at radius 2 is 2.11 bits per heavy atom. The third-order valence-electron chi connectivity index (χ3n) is 5.21. The molecule has 2 heterocycles. The Labute approximate surface area is 167 Å². The van der Waals surface area contributed by atoms with E-state index in [0.717, 1.165) is 48.2 Å². The Bertz CT molecular complexity index is 982. The summed E-state index contributed by atoms with van der Waals surface area (Å²) >= 11 is 6.03. The molecule has 28 heavy (non-hydrogen) atoms. The number of aliphatic hydroxyl groups is 1. The Morgan fingerprint density at radius 1 is 1.29 bits per heavy atom. The zero-order valence-corrected chi connectivity index (χ0v) is 16.1. The molecule has 6 nitrogen and oxygen atoms in total. The summed E-state index contributed by atoms with van der Waals surface area (Å²) in [4.78, 5) is 12.8. The van der Waals surface area contributed by atoms with Crippen molar-refractivity contribution in [1.82, 2.24) is 15.5 Å². The van der Waals surface area contributed by atoms with Crippen LogP contribution >= 0.6 is 11.6 Å². The van der Waals surface area contributed by atoms with Crippen LogP contribution in [0.1, 0.15) is 46.4 Å². The quantitative estimate of drug-likeness (QED) is 0.612. The fourth-order valence-corrected chi connectivity index (χ4v) is 3.87. The maximum Gasteiger partial charge on any atom is 0.251 e. The number of hydrogen-bond donors (Lipinski definition) is 3. The Kier molecular flexibility index (Phi) is 5.62. The van der Waals surface area contributed by atoms with Crippen LogP contribution in [0.3, 0.4) is 0 Å². The lowest BCUT2D eigenvalue weighted by molar-refractivity contribution is 0.0847. The summed E-state index contributed by atoms with van der Waals surface area (Å²) < 4.78 is 5.45. The van der Waals surface area contributed by atoms with Crippen molar-refractivity contribution >= 4 is 28.4 Å². The Balaban J connectivity index is 1.58. The van der Waals surface area contributed by atoms with E-state index in [-0.39, 0.29) is 12.5 Å². The number of aliphatic hydroxyl groups excluding tert-OH is 1. The molecule has 0 saturated carbocycles. The maximum absolute atomic E-state index is 12.8. The van der Waals surface area contributed by atoms with Gasteiger partial charge in [-0.1, -0.05) is 23.7 Å². The lowest BCUT2D eigenvalue weighted by Gasteiger charge is -2.21. The minimum absolute atomic E-state index is 0.215. The molecular formula is C21H22ClN3O3. The summed E-state index contributed by atoms with van der Waals surface area (Å²) in [5, 5.41) is 21.7. The van der Waals surface area contributed by atoms with Crippen LogP contribution in [0.5, 0.6) is 0 Å². The summed E-state index contributed by atoms with van der Waals surface area (Å²) in [7, 11) is 0. The minimum Gasteiger partial charge on any atom is -0.394 e. The number of aromatic nitrogens is 2. The van der Waals surface area contributed by atoms with E-state index in [1.807, 2.05) is 18.2 Å². The summed E-state index contributed by atoms with van der Waals surface area (Å²) in [5.41, 5.74) is 3.19. The third kappa shape index (κ3) is 3.90. The lowest BCUT2D eigenvalue weighted by Crippen LogP contribution is -2.30. The van der Waals surface area contributed by atoms with Gasteiger partial charge >= 0.3 is 0 Å². The van der Waals surface area contributed by atoms with Gasteiger partial charge in [0.25, 0.3) is 5.91 Å². The van der Waals surface area contributed by atoms with Crippen LogP contribution in [0.2, 0.25) is 5.02 Å². The molecule has 1 saturated heterocycles. The zero-order chi connectivity index (χ0) is 19.5. The normalized spacial score (nSPS) is 16.2. The van der Waals surface area contributed by atoms with Gasteiger partial charge in [-0.05, 0) is 48.7 Å². The molecule has 3 N–H and O–H groups in total. The molecule has 0 radical (unpaired) electrons. The molecule has 1 aromatic heterocycles. The van der Waals surface area contributed by atoms with Gasteiger partial charge in [0.1, 0.15) is 0 Å². The molecule has 3 aromatic rings. The first-order valence-electron chi connectivity index (χ1n) is 9.38. The van der Waals surface area contributed by atoms with Crippen LogP contribution in [0.15, 0.2) is 42.5 Å². The van der Waals surface area contributed by atoms with Crippen molar-refractivity contribution in [3.63, 3.8) is 0 Å². The van der Waals surface area contributed by atoms with Gasteiger partial charge in [0.15, 0.2) is 0 Å². The molecular weight excluding hydrogens is 378 g/mol. The van der Waals surface area contributed by atoms with Gasteiger partial charge in [0.05, 0.1) is 18.2 Å². The number of amides is 1. The molecule has 1 aliphatic rings. The van der Waals surface area contributed by atoms with Crippen LogP contribution in [-0.2, 0) is 4.74 Å². The number of aromatic amines is 1. The van der Waals surface area contributed by atoms with Gasteiger partial charge in [-0.3, -0.25) is 9.89 Å². The number of carbonyl (C=O) groups is 1. The summed E-state index contributed by atoms with van der Waals surface area (Å²) in [6.07, 6.45) is 1.88. The maximum atomic E-state index is 12.8. The van der Waals surface area contributed by atoms with Gasteiger partial charge in [-0.15, -0.1) is 0 Å². The summed E-state index contributed by atoms with van der Waals surface area (Å²) in [6, 6.07) is 12.1. The SMILES string of the molecule is O=C(NC(CO)c1cccc(Cl)c1)c1ccc2n[nH]c(C3CCOCC3)c2c1. The number of benzene rings is 2. The average molecular weight is 400 g/mol. The van der Waals surface area contributed by atoms with Crippen molar-refractivity contribution in [2.75, 3.05) is 19.8 Å². The lowest BCUT2D eigenvalue weighted by atomic mass is 9.93. The molecule has 146 valence electrons. The molecule has 4 rings (SSSR count). The fraction of sp³-hybridized carbons (Fsp3) is 0.333. The molecule has 2 aromatic carbocycles. The van der Waals surface area contributed by atoms with Gasteiger partial charge in [-0.2, -0.15) is 5.10 Å². The number of nitrogens with zero attached hydrogens (tertiary/aromatic N) is 1. The van der Waals surface area contributed by atoms with Crippen LogP contribution in [0, 0.1) is 0 Å². The number of nitrogens with one attached hydrogen (secondary N) is 2. The first kappa shape index (κ1) is 18.9. The van der Waals surface area contributed by atoms with Crippen LogP contribution in [-0.4, -0.2) is 41.0 Å². The van der Waals surface area contributed by atoms with Gasteiger partial charge < -0.3 is 15.2 Å². The van der Waals surface area contributed by atoms with Crippen molar-refractivity contribution in [3.8, 4) is 0 Å². The largest absolute Gasteiger partial charge is 0.394 e. The van der Waals surface area contributed by atoms with E-state index < -0.39 is 6.04 Å². The van der Waals surface area contributed by atoms with Gasteiger partial charge in [0, 0.05) is 40.8 Å². The van der Waals surface area contributed by atoms with Crippen LogP contribution < -0.4 is 5.32 Å². The van der Waals surface area contributed by atoms with E-state index in [0.29, 0.717) is 16.5 Å². The van der Waals surface area contributed by atoms with E-state index in [1.165, 1.54) is 0 Å². The van der Waals surface area contributed by atoms with Crippen molar-refractivity contribution in [3.05, 3.63) is 64.3 Å². The highest BCUT2D eigenvalue weighted by atomic mass is 35.5. The molecule has 1 fully saturated rings. The number of rotatable bonds is 5. The highest BCUT2D eigenvalue weighted by Crippen LogP contribution is 2.31. The molecule has 1 amide bonds. The number of halogens is 1. The molecule has 1 atom stereocenters. The smallest absolute Gasteiger partial charge is 0.251 e. The molecule has 0 aliphatic carbocycles. The number of ether oxygens (including phenoxy) is 1. The number of hydrogen-bond acceptors (Lipinski definition) is 4. The van der Waals surface area contributed by atoms with Crippen molar-refractivity contribution in [2.24, 2.45) is 0 Å². The number of carbonyl (C=O) groups excluding carboxylic acids is 1. The van der Waals surface area contributed by atoms with E-state index in [1.54, 1.807) is 24.3 Å². The summed E-state index contributed by atoms with van der Waals surface area (Å²) in [5.74, 6) is 0.105. The molecule has 1 aliphatic heterocycles. The first-order valence-corrected chi connectivity index (χ1v) is 9.76. The average Bonchev–Trinajstić information content (AvgIpc) is 3.15. The van der Waals surface area contributed by atoms with Gasteiger partial charge in [0.2, 0.25) is 0 Å². The fourth-order valence-electron chi connectivity index (χ4n) is 3.67. The molecule has 0 spiro atoms. The number of H-pyrrole nitrogens is 1. The monoisotopic (exact) mass is 399 g/mol. The van der Waals surface area contributed by atoms with E-state index in [9.17, 15) is 9.90 Å². The standard InChI is InChI=1S/C21H22ClN3O3/c22-16-3-1-2-14(10-16)19(12-26)23-21(27)15-4-5-18-17(11-15)20(25-24-18)13-6-8-28-9-7-13/h1-5,10-11,13,19,26H,6-9,12H2,(H,23,27)(H,24,25). The van der Waals surface area contributed by atoms with Crippen molar-refractivity contribution in [1.29, 1.82) is 0 Å². The van der Waals surface area contributed by atoms with E-state index >= 15 is 0 Å².